The van der Waals surface area contributed by atoms with Crippen molar-refractivity contribution in [2.24, 2.45) is 5.10 Å². The van der Waals surface area contributed by atoms with Gasteiger partial charge in [-0.1, -0.05) is 39.0 Å². The zero-order chi connectivity index (χ0) is 12.4. The van der Waals surface area contributed by atoms with E-state index >= 15 is 0 Å². The summed E-state index contributed by atoms with van der Waals surface area (Å²) in [5, 5.41) is 14.3. The van der Waals surface area contributed by atoms with Crippen LogP contribution in [0.4, 0.5) is 0 Å². The molecule has 0 radical (unpaired) electrons. The summed E-state index contributed by atoms with van der Waals surface area (Å²) in [5.74, 6) is -0.949. The number of rotatable bonds is 9. The number of hydrogen-bond donors (Lipinski definition) is 1. The maximum Gasteiger partial charge on any atom is 0.351 e. The van der Waals surface area contributed by atoms with Crippen LogP contribution in [0.2, 0.25) is 0 Å². The Morgan fingerprint density at radius 1 is 1.19 bits per heavy atom. The van der Waals surface area contributed by atoms with E-state index in [-0.39, 0.29) is 5.71 Å². The average molecular weight is 228 g/mol. The zero-order valence-corrected chi connectivity index (χ0v) is 10.7. The van der Waals surface area contributed by atoms with Crippen molar-refractivity contribution in [2.45, 2.75) is 52.4 Å². The summed E-state index contributed by atoms with van der Waals surface area (Å²) in [6.07, 6.45) is 7.43. The van der Waals surface area contributed by atoms with Crippen LogP contribution in [-0.4, -0.2) is 35.4 Å². The average Bonchev–Trinajstić information content (AvgIpc) is 2.23. The van der Waals surface area contributed by atoms with Crippen molar-refractivity contribution in [1.82, 2.24) is 5.01 Å². The Morgan fingerprint density at radius 3 is 2.31 bits per heavy atom. The number of hydrazone groups is 1. The first-order chi connectivity index (χ1) is 7.57. The second-order valence-electron chi connectivity index (χ2n) is 4.14. The van der Waals surface area contributed by atoms with E-state index in [9.17, 15) is 4.79 Å². The van der Waals surface area contributed by atoms with Gasteiger partial charge < -0.3 is 5.11 Å². The van der Waals surface area contributed by atoms with Crippen molar-refractivity contribution in [3.63, 3.8) is 0 Å². The van der Waals surface area contributed by atoms with Gasteiger partial charge in [0.25, 0.3) is 0 Å². The predicted molar refractivity (Wildman–Crippen MR) is 66.8 cm³/mol. The van der Waals surface area contributed by atoms with Crippen LogP contribution >= 0.6 is 0 Å². The molecular formula is C12H24N2O2. The molecule has 0 aliphatic rings. The van der Waals surface area contributed by atoms with E-state index in [4.69, 9.17) is 5.11 Å². The molecule has 0 saturated carbocycles. The molecule has 0 aliphatic carbocycles. The number of hydrogen-bond acceptors (Lipinski definition) is 3. The fourth-order valence-electron chi connectivity index (χ4n) is 1.47. The quantitative estimate of drug-likeness (QED) is 0.375. The molecule has 0 aromatic rings. The largest absolute Gasteiger partial charge is 0.477 e. The summed E-state index contributed by atoms with van der Waals surface area (Å²) in [6.45, 7) is 4.55. The molecule has 4 nitrogen and oxygen atoms in total. The fourth-order valence-corrected chi connectivity index (χ4v) is 1.47. The van der Waals surface area contributed by atoms with Gasteiger partial charge in [0.2, 0.25) is 0 Å². The molecule has 0 aromatic carbocycles. The standard InChI is InChI=1S/C12H24N2O2/c1-4-5-6-7-8-9-10-14(3)13-11(2)12(15)16/h4-10H2,1-3H3,(H,15,16). The molecule has 0 bridgehead atoms. The lowest BCUT2D eigenvalue weighted by molar-refractivity contribution is -0.129. The van der Waals surface area contributed by atoms with E-state index in [0.29, 0.717) is 0 Å². The van der Waals surface area contributed by atoms with Gasteiger partial charge in [-0.2, -0.15) is 5.10 Å². The van der Waals surface area contributed by atoms with Gasteiger partial charge in [-0.3, -0.25) is 5.01 Å². The number of carboxylic acid groups (broad SMARTS) is 1. The summed E-state index contributed by atoms with van der Waals surface area (Å²) in [5.41, 5.74) is 0.147. The third kappa shape index (κ3) is 8.26. The minimum Gasteiger partial charge on any atom is -0.477 e. The van der Waals surface area contributed by atoms with Crippen LogP contribution in [0.3, 0.4) is 0 Å². The molecule has 94 valence electrons. The second-order valence-corrected chi connectivity index (χ2v) is 4.14. The lowest BCUT2D eigenvalue weighted by atomic mass is 10.1. The van der Waals surface area contributed by atoms with E-state index in [0.717, 1.165) is 13.0 Å². The molecule has 0 aromatic heterocycles. The Kier molecular flexibility index (Phi) is 8.58. The van der Waals surface area contributed by atoms with Crippen molar-refractivity contribution in [1.29, 1.82) is 0 Å². The highest BCUT2D eigenvalue weighted by atomic mass is 16.4. The normalized spacial score (nSPS) is 11.6. The first-order valence-corrected chi connectivity index (χ1v) is 6.07. The van der Waals surface area contributed by atoms with Crippen LogP contribution in [0.1, 0.15) is 52.4 Å². The summed E-state index contributed by atoms with van der Waals surface area (Å²) >= 11 is 0. The topological polar surface area (TPSA) is 52.9 Å². The van der Waals surface area contributed by atoms with Gasteiger partial charge in [0.15, 0.2) is 0 Å². The van der Waals surface area contributed by atoms with E-state index in [2.05, 4.69) is 12.0 Å². The Labute approximate surface area is 98.3 Å². The third-order valence-corrected chi connectivity index (χ3v) is 2.47. The molecule has 0 spiro atoms. The minimum atomic E-state index is -0.949. The molecular weight excluding hydrogens is 204 g/mol. The van der Waals surface area contributed by atoms with Crippen LogP contribution in [0.5, 0.6) is 0 Å². The highest BCUT2D eigenvalue weighted by Crippen LogP contribution is 2.05. The van der Waals surface area contributed by atoms with Crippen LogP contribution in [-0.2, 0) is 4.79 Å². The molecule has 0 unspecified atom stereocenters. The van der Waals surface area contributed by atoms with Crippen LogP contribution < -0.4 is 0 Å². The van der Waals surface area contributed by atoms with Gasteiger partial charge in [-0.25, -0.2) is 4.79 Å². The minimum absolute atomic E-state index is 0.147. The Balaban J connectivity index is 3.54. The molecule has 0 rings (SSSR count). The number of carboxylic acids is 1. The van der Waals surface area contributed by atoms with Crippen molar-refractivity contribution < 1.29 is 9.90 Å². The molecule has 0 atom stereocenters. The van der Waals surface area contributed by atoms with Crippen LogP contribution in [0.15, 0.2) is 5.10 Å². The molecule has 0 aliphatic heterocycles. The summed E-state index contributed by atoms with van der Waals surface area (Å²) in [7, 11) is 1.82. The molecule has 1 N–H and O–H groups in total. The second kappa shape index (κ2) is 9.19. The lowest BCUT2D eigenvalue weighted by Gasteiger charge is -2.13. The van der Waals surface area contributed by atoms with E-state index in [1.807, 2.05) is 7.05 Å². The van der Waals surface area contributed by atoms with Gasteiger partial charge in [-0.15, -0.1) is 0 Å². The van der Waals surface area contributed by atoms with Crippen molar-refractivity contribution in [2.75, 3.05) is 13.6 Å². The summed E-state index contributed by atoms with van der Waals surface area (Å²) in [4.78, 5) is 10.5. The molecule has 0 fully saturated rings. The Bertz CT molecular complexity index is 227. The van der Waals surface area contributed by atoms with Gasteiger partial charge in [-0.05, 0) is 13.3 Å². The van der Waals surface area contributed by atoms with Crippen molar-refractivity contribution in [3.05, 3.63) is 0 Å². The third-order valence-electron chi connectivity index (χ3n) is 2.47. The number of unbranched alkanes of at least 4 members (excludes halogenated alkanes) is 5. The summed E-state index contributed by atoms with van der Waals surface area (Å²) in [6, 6.07) is 0. The zero-order valence-electron chi connectivity index (χ0n) is 10.7. The molecule has 0 saturated heterocycles. The predicted octanol–water partition coefficient (Wildman–Crippen LogP) is 2.74. The SMILES string of the molecule is CCCCCCCCN(C)N=C(C)C(=O)O. The van der Waals surface area contributed by atoms with E-state index in [1.54, 1.807) is 5.01 Å². The smallest absolute Gasteiger partial charge is 0.351 e. The molecule has 0 amide bonds. The summed E-state index contributed by atoms with van der Waals surface area (Å²) < 4.78 is 0. The Hall–Kier alpha value is -1.06. The highest BCUT2D eigenvalue weighted by Gasteiger charge is 2.02. The van der Waals surface area contributed by atoms with E-state index in [1.165, 1.54) is 39.0 Å². The number of carbonyl (C=O) groups is 1. The first kappa shape index (κ1) is 14.9. The maximum atomic E-state index is 10.5. The first-order valence-electron chi connectivity index (χ1n) is 6.07. The van der Waals surface area contributed by atoms with Gasteiger partial charge in [0, 0.05) is 13.6 Å². The monoisotopic (exact) mass is 228 g/mol. The fraction of sp³-hybridized carbons (Fsp3) is 0.833. The van der Waals surface area contributed by atoms with Crippen molar-refractivity contribution >= 4 is 11.7 Å². The Morgan fingerprint density at radius 2 is 1.75 bits per heavy atom. The molecule has 4 heteroatoms. The van der Waals surface area contributed by atoms with Gasteiger partial charge in [0.1, 0.15) is 5.71 Å². The number of aliphatic carboxylic acids is 1. The molecule has 16 heavy (non-hydrogen) atoms. The van der Waals surface area contributed by atoms with E-state index < -0.39 is 5.97 Å². The lowest BCUT2D eigenvalue weighted by Crippen LogP contribution is -2.18. The van der Waals surface area contributed by atoms with Crippen LogP contribution in [0.25, 0.3) is 0 Å². The van der Waals surface area contributed by atoms with Crippen LogP contribution in [0, 0.1) is 0 Å². The number of nitrogens with zero attached hydrogens (tertiary/aromatic N) is 2. The maximum absolute atomic E-state index is 10.5. The molecule has 0 heterocycles. The van der Waals surface area contributed by atoms with Gasteiger partial charge >= 0.3 is 5.97 Å². The highest BCUT2D eigenvalue weighted by molar-refractivity contribution is 6.34. The van der Waals surface area contributed by atoms with Gasteiger partial charge in [0.05, 0.1) is 0 Å². The van der Waals surface area contributed by atoms with Crippen molar-refractivity contribution in [3.8, 4) is 0 Å².